The van der Waals surface area contributed by atoms with E-state index in [0.717, 1.165) is 22.3 Å². The average Bonchev–Trinajstić information content (AvgIpc) is 3.02. The number of rotatable bonds is 1. The maximum Gasteiger partial charge on any atom is 0.238 e. The number of carbonyl (C=O) groups excluding carboxylic acids is 2. The Morgan fingerprint density at radius 1 is 0.700 bits per heavy atom. The molecule has 1 saturated heterocycles. The van der Waals surface area contributed by atoms with E-state index < -0.39 is 11.8 Å². The van der Waals surface area contributed by atoms with Crippen molar-refractivity contribution < 1.29 is 9.59 Å². The van der Waals surface area contributed by atoms with Gasteiger partial charge in [0, 0.05) is 11.8 Å². The minimum absolute atomic E-state index is 0.145. The molecule has 0 saturated carbocycles. The number of nitrogen functional groups attached to an aromatic ring is 1. The van der Waals surface area contributed by atoms with Gasteiger partial charge in [-0.05, 0) is 34.4 Å². The van der Waals surface area contributed by atoms with Gasteiger partial charge in [0.1, 0.15) is 0 Å². The van der Waals surface area contributed by atoms with Crippen LogP contribution in [0.3, 0.4) is 0 Å². The molecule has 30 heavy (non-hydrogen) atoms. The molecule has 4 aliphatic rings. The Balaban J connectivity index is 1.56. The second kappa shape index (κ2) is 6.10. The van der Waals surface area contributed by atoms with E-state index in [1.807, 2.05) is 24.3 Å². The third-order valence-corrected chi connectivity index (χ3v) is 7.40. The Kier molecular flexibility index (Phi) is 3.66. The molecule has 3 aromatic carbocycles. The number of imide groups is 1. The monoisotopic (exact) mass is 434 g/mol. The van der Waals surface area contributed by atoms with Gasteiger partial charge in [0.05, 0.1) is 33.3 Å². The van der Waals surface area contributed by atoms with Crippen LogP contribution in [-0.4, -0.2) is 11.8 Å². The first-order chi connectivity index (χ1) is 14.5. The van der Waals surface area contributed by atoms with Crippen molar-refractivity contribution in [2.24, 2.45) is 11.8 Å². The molecule has 148 valence electrons. The van der Waals surface area contributed by atoms with Crippen LogP contribution in [0.15, 0.2) is 60.7 Å². The normalized spacial score (nSPS) is 25.9. The predicted octanol–water partition coefficient (Wildman–Crippen LogP) is 4.97. The van der Waals surface area contributed by atoms with Gasteiger partial charge in [-0.1, -0.05) is 71.7 Å². The highest BCUT2D eigenvalue weighted by molar-refractivity contribution is 6.39. The van der Waals surface area contributed by atoms with Gasteiger partial charge >= 0.3 is 0 Å². The maximum atomic E-state index is 13.7. The number of hydrogen-bond donors (Lipinski definition) is 1. The van der Waals surface area contributed by atoms with Gasteiger partial charge in [-0.2, -0.15) is 0 Å². The zero-order chi connectivity index (χ0) is 20.7. The summed E-state index contributed by atoms with van der Waals surface area (Å²) in [6.45, 7) is 0. The quantitative estimate of drug-likeness (QED) is 0.434. The van der Waals surface area contributed by atoms with Crippen LogP contribution in [0.5, 0.6) is 0 Å². The molecule has 0 radical (unpaired) electrons. The summed E-state index contributed by atoms with van der Waals surface area (Å²) in [4.78, 5) is 28.6. The lowest BCUT2D eigenvalue weighted by Crippen LogP contribution is -2.41. The van der Waals surface area contributed by atoms with Crippen LogP contribution in [0.2, 0.25) is 10.0 Å². The SMILES string of the molecule is Nc1c(Cl)cc(N2C(=O)[C@H]3C4c5ccccc5C(c5ccccc54)[C@@H]3C2=O)cc1Cl. The second-order valence-corrected chi connectivity index (χ2v) is 8.91. The maximum absolute atomic E-state index is 13.7. The van der Waals surface area contributed by atoms with Crippen molar-refractivity contribution in [3.8, 4) is 0 Å². The van der Waals surface area contributed by atoms with Crippen molar-refractivity contribution in [3.63, 3.8) is 0 Å². The third kappa shape index (κ3) is 2.13. The topological polar surface area (TPSA) is 63.4 Å². The molecular formula is C24H16Cl2N2O2. The van der Waals surface area contributed by atoms with Crippen LogP contribution in [-0.2, 0) is 9.59 Å². The third-order valence-electron chi connectivity index (χ3n) is 6.77. The Morgan fingerprint density at radius 2 is 1.07 bits per heavy atom. The first kappa shape index (κ1) is 18.0. The van der Waals surface area contributed by atoms with Gasteiger partial charge in [-0.25, -0.2) is 4.90 Å². The number of amides is 2. The van der Waals surface area contributed by atoms with Crippen LogP contribution >= 0.6 is 23.2 Å². The first-order valence-electron chi connectivity index (χ1n) is 9.79. The first-order valence-corrected chi connectivity index (χ1v) is 10.5. The molecule has 2 amide bonds. The summed E-state index contributed by atoms with van der Waals surface area (Å²) >= 11 is 12.4. The zero-order valence-corrected chi connectivity index (χ0v) is 17.2. The van der Waals surface area contributed by atoms with Crippen molar-refractivity contribution in [2.45, 2.75) is 11.8 Å². The predicted molar refractivity (Wildman–Crippen MR) is 117 cm³/mol. The molecule has 2 bridgehead atoms. The van der Waals surface area contributed by atoms with Crippen LogP contribution in [0.1, 0.15) is 34.1 Å². The summed E-state index contributed by atoms with van der Waals surface area (Å²) < 4.78 is 0. The molecule has 3 aliphatic carbocycles. The summed E-state index contributed by atoms with van der Waals surface area (Å²) in [6, 6.07) is 19.4. The molecule has 0 spiro atoms. The Hall–Kier alpha value is -2.82. The highest BCUT2D eigenvalue weighted by Gasteiger charge is 2.61. The Morgan fingerprint density at radius 3 is 1.43 bits per heavy atom. The lowest BCUT2D eigenvalue weighted by atomic mass is 9.55. The standard InChI is InChI=1S/C24H16Cl2N2O2/c25-16-9-11(10-17(26)22(16)27)28-23(29)20-18-12-5-1-2-6-13(12)19(21(20)24(28)30)15-8-4-3-7-14(15)18/h1-10,18-21H,27H2/t18?,19?,20-,21-/m0/s1. The van der Waals surface area contributed by atoms with Gasteiger partial charge in [-0.15, -0.1) is 0 Å². The molecule has 3 aromatic rings. The molecule has 7 rings (SSSR count). The number of benzene rings is 3. The van der Waals surface area contributed by atoms with E-state index >= 15 is 0 Å². The summed E-state index contributed by atoms with van der Waals surface area (Å²) in [6.07, 6.45) is 0. The van der Waals surface area contributed by atoms with Crippen molar-refractivity contribution >= 4 is 46.4 Å². The fourth-order valence-corrected chi connectivity index (χ4v) is 6.11. The van der Waals surface area contributed by atoms with Crippen molar-refractivity contribution in [1.82, 2.24) is 0 Å². The van der Waals surface area contributed by atoms with Crippen molar-refractivity contribution in [2.75, 3.05) is 10.6 Å². The van der Waals surface area contributed by atoms with Crippen LogP contribution in [0, 0.1) is 11.8 Å². The number of nitrogens with two attached hydrogens (primary N) is 1. The summed E-state index contributed by atoms with van der Waals surface area (Å²) in [5.41, 5.74) is 11.0. The molecule has 1 fully saturated rings. The minimum atomic E-state index is -0.442. The molecule has 2 atom stereocenters. The van der Waals surface area contributed by atoms with Gasteiger partial charge in [0.25, 0.3) is 0 Å². The molecule has 0 unspecified atom stereocenters. The summed E-state index contributed by atoms with van der Waals surface area (Å²) in [7, 11) is 0. The van der Waals surface area contributed by atoms with Gasteiger partial charge in [0.2, 0.25) is 11.8 Å². The fraction of sp³-hybridized carbons (Fsp3) is 0.167. The molecule has 0 aromatic heterocycles. The molecule has 6 heteroatoms. The van der Waals surface area contributed by atoms with Gasteiger partial charge in [0.15, 0.2) is 0 Å². The second-order valence-electron chi connectivity index (χ2n) is 8.10. The lowest BCUT2D eigenvalue weighted by Gasteiger charge is -2.45. The molecule has 1 aliphatic heterocycles. The Labute approximate surface area is 183 Å². The van der Waals surface area contributed by atoms with Gasteiger partial charge < -0.3 is 5.73 Å². The number of anilines is 2. The molecule has 4 nitrogen and oxygen atoms in total. The molecule has 2 N–H and O–H groups in total. The van der Waals surface area contributed by atoms with Crippen LogP contribution < -0.4 is 10.6 Å². The largest absolute Gasteiger partial charge is 0.396 e. The minimum Gasteiger partial charge on any atom is -0.396 e. The van der Waals surface area contributed by atoms with E-state index in [4.69, 9.17) is 28.9 Å². The number of halogens is 2. The average molecular weight is 435 g/mol. The van der Waals surface area contributed by atoms with Gasteiger partial charge in [-0.3, -0.25) is 9.59 Å². The van der Waals surface area contributed by atoms with E-state index in [1.165, 1.54) is 17.0 Å². The van der Waals surface area contributed by atoms with E-state index in [-0.39, 0.29) is 39.4 Å². The summed E-state index contributed by atoms with van der Waals surface area (Å²) in [5, 5.41) is 0.449. The summed E-state index contributed by atoms with van der Waals surface area (Å²) in [5.74, 6) is -1.59. The van der Waals surface area contributed by atoms with E-state index in [9.17, 15) is 9.59 Å². The number of hydrogen-bond acceptors (Lipinski definition) is 3. The van der Waals surface area contributed by atoms with Crippen molar-refractivity contribution in [3.05, 3.63) is 93.0 Å². The smallest absolute Gasteiger partial charge is 0.238 e. The van der Waals surface area contributed by atoms with Crippen molar-refractivity contribution in [1.29, 1.82) is 0 Å². The fourth-order valence-electron chi connectivity index (χ4n) is 5.63. The van der Waals surface area contributed by atoms with Crippen LogP contribution in [0.25, 0.3) is 0 Å². The van der Waals surface area contributed by atoms with E-state index in [1.54, 1.807) is 0 Å². The Bertz CT molecular complexity index is 1130. The molecule has 1 heterocycles. The number of nitrogens with zero attached hydrogens (tertiary/aromatic N) is 1. The number of carbonyl (C=O) groups is 2. The van der Waals surface area contributed by atoms with E-state index in [2.05, 4.69) is 24.3 Å². The zero-order valence-electron chi connectivity index (χ0n) is 15.7. The lowest BCUT2D eigenvalue weighted by molar-refractivity contribution is -0.122. The highest BCUT2D eigenvalue weighted by atomic mass is 35.5. The van der Waals surface area contributed by atoms with Crippen LogP contribution in [0.4, 0.5) is 11.4 Å². The van der Waals surface area contributed by atoms with E-state index in [0.29, 0.717) is 5.69 Å². The molecular weight excluding hydrogens is 419 g/mol. The highest BCUT2D eigenvalue weighted by Crippen LogP contribution is 2.61.